The molecular weight excluding hydrogens is 290 g/mol. The van der Waals surface area contributed by atoms with Gasteiger partial charge in [-0.15, -0.1) is 11.3 Å². The lowest BCUT2D eigenvalue weighted by atomic mass is 9.98. The van der Waals surface area contributed by atoms with Gasteiger partial charge in [-0.25, -0.2) is 9.78 Å². The minimum absolute atomic E-state index is 0.0449. The highest BCUT2D eigenvalue weighted by molar-refractivity contribution is 7.09. The second-order valence-corrected chi connectivity index (χ2v) is 6.80. The summed E-state index contributed by atoms with van der Waals surface area (Å²) in [6, 6.07) is -0.262. The monoisotopic (exact) mass is 313 g/mol. The van der Waals surface area contributed by atoms with Crippen LogP contribution in [0.4, 0.5) is 4.79 Å². The Kier molecular flexibility index (Phi) is 6.14. The van der Waals surface area contributed by atoms with Crippen LogP contribution in [0.2, 0.25) is 0 Å². The van der Waals surface area contributed by atoms with E-state index in [2.05, 4.69) is 31.1 Å². The third kappa shape index (κ3) is 6.12. The molecule has 1 heterocycles. The second-order valence-electron chi connectivity index (χ2n) is 5.94. The van der Waals surface area contributed by atoms with Gasteiger partial charge in [-0.3, -0.25) is 4.79 Å². The quantitative estimate of drug-likeness (QED) is 0.842. The van der Waals surface area contributed by atoms with Crippen molar-refractivity contribution in [1.82, 2.24) is 15.2 Å². The smallest absolute Gasteiger partial charge is 0.317 e. The van der Waals surface area contributed by atoms with E-state index in [0.717, 1.165) is 10.7 Å². The molecule has 2 amide bonds. The lowest BCUT2D eigenvalue weighted by Gasteiger charge is -2.16. The Morgan fingerprint density at radius 2 is 2.10 bits per heavy atom. The van der Waals surface area contributed by atoms with Crippen LogP contribution in [-0.2, 0) is 16.6 Å². The molecule has 1 aromatic heterocycles. The van der Waals surface area contributed by atoms with Crippen LogP contribution in [0.15, 0.2) is 5.38 Å². The van der Waals surface area contributed by atoms with Gasteiger partial charge in [0.05, 0.1) is 17.1 Å². The normalized spacial score (nSPS) is 11.2. The molecule has 1 aromatic rings. The number of hydrogen-bond donors (Lipinski definition) is 2. The maximum atomic E-state index is 11.7. The van der Waals surface area contributed by atoms with Gasteiger partial charge in [0, 0.05) is 37.4 Å². The summed E-state index contributed by atoms with van der Waals surface area (Å²) < 4.78 is 0. The van der Waals surface area contributed by atoms with Crippen LogP contribution in [-0.4, -0.2) is 47.1 Å². The molecule has 118 valence electrons. The number of urea groups is 1. The number of carbonyl (C=O) groups excluding carboxylic acids is 1. The van der Waals surface area contributed by atoms with Crippen molar-refractivity contribution in [3.8, 4) is 0 Å². The average Bonchev–Trinajstić information content (AvgIpc) is 2.84. The highest BCUT2D eigenvalue weighted by atomic mass is 32.1. The molecule has 0 fully saturated rings. The first-order valence-electron chi connectivity index (χ1n) is 6.86. The van der Waals surface area contributed by atoms with Gasteiger partial charge >= 0.3 is 12.0 Å². The molecule has 0 bridgehead atoms. The number of carboxylic acid groups (broad SMARTS) is 1. The Labute approximate surface area is 129 Å². The first kappa shape index (κ1) is 17.4. The van der Waals surface area contributed by atoms with Crippen molar-refractivity contribution in [1.29, 1.82) is 0 Å². The van der Waals surface area contributed by atoms with E-state index in [1.807, 2.05) is 5.38 Å². The topological polar surface area (TPSA) is 82.5 Å². The van der Waals surface area contributed by atoms with E-state index in [0.29, 0.717) is 13.0 Å². The fraction of sp³-hybridized carbons (Fsp3) is 0.643. The number of nitrogens with one attached hydrogen (secondary N) is 1. The van der Waals surface area contributed by atoms with Gasteiger partial charge in [-0.1, -0.05) is 20.8 Å². The first-order chi connectivity index (χ1) is 9.70. The Morgan fingerprint density at radius 1 is 1.43 bits per heavy atom. The van der Waals surface area contributed by atoms with Gasteiger partial charge in [0.1, 0.15) is 0 Å². The second kappa shape index (κ2) is 7.40. The van der Waals surface area contributed by atoms with Crippen molar-refractivity contribution in [3.05, 3.63) is 16.1 Å². The molecule has 21 heavy (non-hydrogen) atoms. The van der Waals surface area contributed by atoms with Crippen LogP contribution in [0.25, 0.3) is 0 Å². The molecule has 2 N–H and O–H groups in total. The molecule has 0 spiro atoms. The van der Waals surface area contributed by atoms with Gasteiger partial charge in [-0.05, 0) is 0 Å². The zero-order valence-corrected chi connectivity index (χ0v) is 13.8. The molecule has 6 nitrogen and oxygen atoms in total. The van der Waals surface area contributed by atoms with Gasteiger partial charge < -0.3 is 15.3 Å². The maximum absolute atomic E-state index is 11.7. The summed E-state index contributed by atoms with van der Waals surface area (Å²) in [6.45, 7) is 7.05. The van der Waals surface area contributed by atoms with Crippen molar-refractivity contribution in [2.45, 2.75) is 39.0 Å². The third-order valence-corrected chi connectivity index (χ3v) is 4.18. The van der Waals surface area contributed by atoms with Crippen molar-refractivity contribution in [2.75, 3.05) is 20.1 Å². The number of thiazole rings is 1. The van der Waals surface area contributed by atoms with Crippen LogP contribution in [0.1, 0.15) is 37.9 Å². The van der Waals surface area contributed by atoms with E-state index in [4.69, 9.17) is 5.11 Å². The molecule has 0 aromatic carbocycles. The first-order valence-corrected chi connectivity index (χ1v) is 7.73. The fourth-order valence-electron chi connectivity index (χ4n) is 1.56. The standard InChI is InChI=1S/C14H23N3O3S/c1-14(2,3)12-16-10(9-21-12)5-7-15-13(20)17(4)8-6-11(18)19/h9H,5-8H2,1-4H3,(H,15,20)(H,18,19). The van der Waals surface area contributed by atoms with E-state index >= 15 is 0 Å². The van der Waals surface area contributed by atoms with Crippen molar-refractivity contribution in [2.24, 2.45) is 0 Å². The Balaban J connectivity index is 2.34. The Hall–Kier alpha value is -1.63. The predicted octanol–water partition coefficient (Wildman–Crippen LogP) is 2.10. The molecule has 0 saturated heterocycles. The highest BCUT2D eigenvalue weighted by Crippen LogP contribution is 2.25. The summed E-state index contributed by atoms with van der Waals surface area (Å²) in [5.41, 5.74) is 1.02. The van der Waals surface area contributed by atoms with E-state index in [1.54, 1.807) is 18.4 Å². The molecular formula is C14H23N3O3S. The fourth-order valence-corrected chi connectivity index (χ4v) is 2.51. The van der Waals surface area contributed by atoms with Gasteiger partial charge in [-0.2, -0.15) is 0 Å². The summed E-state index contributed by atoms with van der Waals surface area (Å²) in [4.78, 5) is 28.1. The number of carboxylic acids is 1. The zero-order valence-electron chi connectivity index (χ0n) is 13.0. The molecule has 0 radical (unpaired) electrons. The molecule has 0 unspecified atom stereocenters. The third-order valence-electron chi connectivity index (χ3n) is 2.86. The van der Waals surface area contributed by atoms with E-state index in [9.17, 15) is 9.59 Å². The van der Waals surface area contributed by atoms with E-state index in [-0.39, 0.29) is 24.4 Å². The van der Waals surface area contributed by atoms with E-state index in [1.165, 1.54) is 4.90 Å². The van der Waals surface area contributed by atoms with Crippen molar-refractivity contribution >= 4 is 23.3 Å². The van der Waals surface area contributed by atoms with Gasteiger partial charge in [0.15, 0.2) is 0 Å². The van der Waals surface area contributed by atoms with Gasteiger partial charge in [0.2, 0.25) is 0 Å². The number of amides is 2. The molecule has 0 aliphatic rings. The van der Waals surface area contributed by atoms with Crippen molar-refractivity contribution < 1.29 is 14.7 Å². The number of nitrogens with zero attached hydrogens (tertiary/aromatic N) is 2. The van der Waals surface area contributed by atoms with Crippen LogP contribution < -0.4 is 5.32 Å². The Morgan fingerprint density at radius 3 is 2.62 bits per heavy atom. The number of hydrogen-bond acceptors (Lipinski definition) is 4. The summed E-state index contributed by atoms with van der Waals surface area (Å²) in [5, 5.41) is 14.4. The molecule has 1 rings (SSSR count). The number of aromatic nitrogens is 1. The van der Waals surface area contributed by atoms with Crippen LogP contribution in [0.3, 0.4) is 0 Å². The maximum Gasteiger partial charge on any atom is 0.317 e. The molecule has 0 saturated carbocycles. The lowest BCUT2D eigenvalue weighted by molar-refractivity contribution is -0.137. The highest BCUT2D eigenvalue weighted by Gasteiger charge is 2.18. The summed E-state index contributed by atoms with van der Waals surface area (Å²) >= 11 is 1.63. The zero-order chi connectivity index (χ0) is 16.0. The van der Waals surface area contributed by atoms with Crippen LogP contribution in [0, 0.1) is 0 Å². The summed E-state index contributed by atoms with van der Waals surface area (Å²) in [7, 11) is 1.58. The number of carbonyl (C=O) groups is 2. The summed E-state index contributed by atoms with van der Waals surface area (Å²) in [5.74, 6) is -0.910. The number of aliphatic carboxylic acids is 1. The molecule has 7 heteroatoms. The minimum atomic E-state index is -0.910. The SMILES string of the molecule is CN(CCC(=O)O)C(=O)NCCc1csc(C(C)(C)C)n1. The van der Waals surface area contributed by atoms with Crippen LogP contribution >= 0.6 is 11.3 Å². The Bertz CT molecular complexity index is 494. The average molecular weight is 313 g/mol. The lowest BCUT2D eigenvalue weighted by Crippen LogP contribution is -2.39. The van der Waals surface area contributed by atoms with Gasteiger partial charge in [0.25, 0.3) is 0 Å². The predicted molar refractivity (Wildman–Crippen MR) is 82.8 cm³/mol. The largest absolute Gasteiger partial charge is 0.481 e. The minimum Gasteiger partial charge on any atom is -0.481 e. The summed E-state index contributed by atoms with van der Waals surface area (Å²) in [6.07, 6.45) is 0.621. The van der Waals surface area contributed by atoms with Crippen LogP contribution in [0.5, 0.6) is 0 Å². The molecule has 0 aliphatic carbocycles. The van der Waals surface area contributed by atoms with E-state index < -0.39 is 5.97 Å². The molecule has 0 aliphatic heterocycles. The van der Waals surface area contributed by atoms with Crippen molar-refractivity contribution in [3.63, 3.8) is 0 Å². The number of rotatable bonds is 6. The molecule has 0 atom stereocenters.